The molecule has 2 heterocycles. The summed E-state index contributed by atoms with van der Waals surface area (Å²) in [6, 6.07) is 0. The molecule has 1 aromatic heterocycles. The number of nitrogens with zero attached hydrogens (tertiary/aromatic N) is 1. The van der Waals surface area contributed by atoms with Crippen molar-refractivity contribution in [2.45, 2.75) is 64.7 Å². The van der Waals surface area contributed by atoms with Crippen LogP contribution in [0, 0.1) is 30.1 Å². The van der Waals surface area contributed by atoms with E-state index in [0.717, 1.165) is 32.1 Å². The highest BCUT2D eigenvalue weighted by Crippen LogP contribution is 2.33. The summed E-state index contributed by atoms with van der Waals surface area (Å²) in [4.78, 5) is 26.3. The first-order valence-electron chi connectivity index (χ1n) is 8.50. The molecule has 0 aliphatic carbocycles. The minimum absolute atomic E-state index is 0.138. The monoisotopic (exact) mass is 328 g/mol. The van der Waals surface area contributed by atoms with Gasteiger partial charge in [-0.1, -0.05) is 25.7 Å². The molecule has 1 fully saturated rings. The zero-order valence-electron chi connectivity index (χ0n) is 14.3. The van der Waals surface area contributed by atoms with Gasteiger partial charge in [0.1, 0.15) is 11.8 Å². The van der Waals surface area contributed by atoms with Crippen LogP contribution in [-0.4, -0.2) is 15.7 Å². The van der Waals surface area contributed by atoms with Crippen LogP contribution in [0.3, 0.4) is 0 Å². The van der Waals surface area contributed by atoms with Crippen molar-refractivity contribution in [2.24, 2.45) is 5.92 Å². The molecule has 1 N–H and O–H groups in total. The minimum atomic E-state index is -0.453. The molecule has 2 rings (SSSR count). The number of H-pyrrole nitrogens is 1. The Morgan fingerprint density at radius 2 is 2.12 bits per heavy atom. The fourth-order valence-corrected chi connectivity index (χ4v) is 2.93. The Morgan fingerprint density at radius 3 is 2.79 bits per heavy atom. The van der Waals surface area contributed by atoms with Crippen LogP contribution >= 0.6 is 0 Å². The topological polar surface area (TPSA) is 64.1 Å². The molecule has 1 aliphatic heterocycles. The maximum atomic E-state index is 12.1. The van der Waals surface area contributed by atoms with Crippen LogP contribution < -0.4 is 11.2 Å². The summed E-state index contributed by atoms with van der Waals surface area (Å²) in [5.74, 6) is 8.80. The van der Waals surface area contributed by atoms with Gasteiger partial charge >= 0.3 is 5.69 Å². The molecule has 0 bridgehead atoms. The third-order valence-electron chi connectivity index (χ3n) is 4.32. The van der Waals surface area contributed by atoms with Gasteiger partial charge in [0.05, 0.1) is 6.10 Å². The van der Waals surface area contributed by atoms with Crippen molar-refractivity contribution in [2.75, 3.05) is 0 Å². The Balaban J connectivity index is 2.15. The second kappa shape index (κ2) is 8.57. The van der Waals surface area contributed by atoms with Crippen molar-refractivity contribution < 1.29 is 4.74 Å². The highest BCUT2D eigenvalue weighted by Gasteiger charge is 2.32. The Morgan fingerprint density at radius 1 is 1.38 bits per heavy atom. The molecule has 0 aromatic carbocycles. The van der Waals surface area contributed by atoms with Crippen LogP contribution in [0.15, 0.2) is 15.8 Å². The van der Waals surface area contributed by atoms with Gasteiger partial charge in [0.2, 0.25) is 0 Å². The predicted octanol–water partition coefficient (Wildman–Crippen LogP) is 2.42. The van der Waals surface area contributed by atoms with Crippen LogP contribution in [-0.2, 0) is 4.74 Å². The largest absolute Gasteiger partial charge is 0.354 e. The van der Waals surface area contributed by atoms with E-state index < -0.39 is 11.2 Å². The lowest BCUT2D eigenvalue weighted by Gasteiger charge is -2.15. The maximum Gasteiger partial charge on any atom is 0.330 e. The number of nitrogens with one attached hydrogen (secondary N) is 1. The molecule has 0 amide bonds. The number of aromatic nitrogens is 2. The van der Waals surface area contributed by atoms with Crippen molar-refractivity contribution in [3.05, 3.63) is 32.6 Å². The number of ether oxygens (including phenoxy) is 1. The average molecular weight is 328 g/mol. The summed E-state index contributed by atoms with van der Waals surface area (Å²) in [6.07, 6.45) is 11.4. The average Bonchev–Trinajstić information content (AvgIpc) is 2.93. The van der Waals surface area contributed by atoms with E-state index in [9.17, 15) is 9.59 Å². The van der Waals surface area contributed by atoms with Crippen LogP contribution in [0.25, 0.3) is 0 Å². The number of rotatable bonds is 5. The molecule has 24 heavy (non-hydrogen) atoms. The van der Waals surface area contributed by atoms with Crippen LogP contribution in [0.5, 0.6) is 0 Å². The van der Waals surface area contributed by atoms with E-state index in [1.54, 1.807) is 0 Å². The molecular weight excluding hydrogens is 304 g/mol. The number of hydrogen-bond acceptors (Lipinski definition) is 3. The van der Waals surface area contributed by atoms with E-state index in [1.165, 1.54) is 10.8 Å². The lowest BCUT2D eigenvalue weighted by molar-refractivity contribution is -0.00762. The molecule has 5 nitrogen and oxygen atoms in total. The van der Waals surface area contributed by atoms with Crippen molar-refractivity contribution in [3.8, 4) is 24.2 Å². The molecule has 0 saturated carbocycles. The lowest BCUT2D eigenvalue weighted by atomic mass is 10.0. The van der Waals surface area contributed by atoms with Gasteiger partial charge in [-0.05, 0) is 31.6 Å². The van der Waals surface area contributed by atoms with Crippen LogP contribution in [0.2, 0.25) is 0 Å². The van der Waals surface area contributed by atoms with Crippen LogP contribution in [0.4, 0.5) is 0 Å². The first-order valence-corrected chi connectivity index (χ1v) is 8.50. The Labute approximate surface area is 142 Å². The third-order valence-corrected chi connectivity index (χ3v) is 4.32. The highest BCUT2D eigenvalue weighted by atomic mass is 16.5. The second-order valence-electron chi connectivity index (χ2n) is 6.17. The molecular formula is C19H24N2O3. The first kappa shape index (κ1) is 18.1. The van der Waals surface area contributed by atoms with Gasteiger partial charge in [0, 0.05) is 19.0 Å². The normalized spacial score (nSPS) is 22.6. The fourth-order valence-electron chi connectivity index (χ4n) is 2.93. The Kier molecular flexibility index (Phi) is 6.46. The molecule has 128 valence electrons. The SMILES string of the molecule is C#CCCCCC#Cc1cn([C@H]2CC(C)[C@@H](CC)O2)c(=O)[nH]c1=O. The molecule has 1 aromatic rings. The van der Waals surface area contributed by atoms with Gasteiger partial charge in [-0.25, -0.2) is 4.79 Å². The van der Waals surface area contributed by atoms with E-state index in [4.69, 9.17) is 11.2 Å². The standard InChI is InChI=1S/C19H24N2O3/c1-4-6-7-8-9-10-11-15-13-21(19(23)20-18(15)22)17-12-14(3)16(5-2)24-17/h1,13-14,16-17H,5-9,12H2,2-3H3,(H,20,22,23)/t14?,16-,17-/m1/s1. The summed E-state index contributed by atoms with van der Waals surface area (Å²) in [5, 5.41) is 0. The zero-order chi connectivity index (χ0) is 17.5. The summed E-state index contributed by atoms with van der Waals surface area (Å²) < 4.78 is 7.38. The smallest absolute Gasteiger partial charge is 0.330 e. The third kappa shape index (κ3) is 4.40. The van der Waals surface area contributed by atoms with Crippen molar-refractivity contribution in [1.82, 2.24) is 9.55 Å². The summed E-state index contributed by atoms with van der Waals surface area (Å²) in [6.45, 7) is 4.18. The summed E-state index contributed by atoms with van der Waals surface area (Å²) in [7, 11) is 0. The van der Waals surface area contributed by atoms with Crippen molar-refractivity contribution in [1.29, 1.82) is 0 Å². The van der Waals surface area contributed by atoms with E-state index >= 15 is 0 Å². The summed E-state index contributed by atoms with van der Waals surface area (Å²) in [5.41, 5.74) is -0.610. The Bertz CT molecular complexity index is 773. The number of hydrogen-bond donors (Lipinski definition) is 1. The first-order chi connectivity index (χ1) is 11.6. The molecule has 0 radical (unpaired) electrons. The second-order valence-corrected chi connectivity index (χ2v) is 6.17. The van der Waals surface area contributed by atoms with Gasteiger partial charge in [0.15, 0.2) is 0 Å². The number of terminal acetylenes is 1. The molecule has 1 saturated heterocycles. The van der Waals surface area contributed by atoms with Crippen LogP contribution in [0.1, 0.15) is 64.2 Å². The number of aromatic amines is 1. The molecule has 1 unspecified atom stereocenters. The van der Waals surface area contributed by atoms with Gasteiger partial charge in [-0.2, -0.15) is 0 Å². The van der Waals surface area contributed by atoms with Gasteiger partial charge < -0.3 is 4.74 Å². The highest BCUT2D eigenvalue weighted by molar-refractivity contribution is 5.29. The lowest BCUT2D eigenvalue weighted by Crippen LogP contribution is -2.33. The number of unbranched alkanes of at least 4 members (excludes halogenated alkanes) is 3. The van der Waals surface area contributed by atoms with E-state index in [2.05, 4.69) is 36.6 Å². The molecule has 3 atom stereocenters. The predicted molar refractivity (Wildman–Crippen MR) is 93.5 cm³/mol. The quantitative estimate of drug-likeness (QED) is 0.667. The van der Waals surface area contributed by atoms with Crippen molar-refractivity contribution in [3.63, 3.8) is 0 Å². The Hall–Kier alpha value is -2.24. The van der Waals surface area contributed by atoms with E-state index in [0.29, 0.717) is 17.9 Å². The van der Waals surface area contributed by atoms with Crippen molar-refractivity contribution >= 4 is 0 Å². The maximum absolute atomic E-state index is 12.1. The van der Waals surface area contributed by atoms with E-state index in [-0.39, 0.29) is 12.3 Å². The van der Waals surface area contributed by atoms with E-state index in [1.807, 2.05) is 0 Å². The summed E-state index contributed by atoms with van der Waals surface area (Å²) >= 11 is 0. The molecule has 0 spiro atoms. The van der Waals surface area contributed by atoms with Gasteiger partial charge in [-0.3, -0.25) is 14.3 Å². The van der Waals surface area contributed by atoms with Gasteiger partial charge in [-0.15, -0.1) is 12.3 Å². The molecule has 1 aliphatic rings. The molecule has 5 heteroatoms. The van der Waals surface area contributed by atoms with Gasteiger partial charge in [0.25, 0.3) is 5.56 Å². The minimum Gasteiger partial charge on any atom is -0.354 e. The fraction of sp³-hybridized carbons (Fsp3) is 0.579. The zero-order valence-corrected chi connectivity index (χ0v) is 14.3.